The van der Waals surface area contributed by atoms with Gasteiger partial charge in [-0.1, -0.05) is 23.7 Å². The molecule has 1 amide bonds. The van der Waals surface area contributed by atoms with Crippen LogP contribution in [0.2, 0.25) is 5.02 Å². The molecule has 4 nitrogen and oxygen atoms in total. The van der Waals surface area contributed by atoms with Gasteiger partial charge in [0.25, 0.3) is 5.91 Å². The first kappa shape index (κ1) is 17.5. The van der Waals surface area contributed by atoms with Crippen LogP contribution in [0.15, 0.2) is 35.7 Å². The smallest absolute Gasteiger partial charge is 0.306 e. The number of esters is 1. The van der Waals surface area contributed by atoms with Crippen LogP contribution in [0.1, 0.15) is 23.3 Å². The molecule has 6 heteroatoms. The molecule has 1 heterocycles. The second-order valence-corrected chi connectivity index (χ2v) is 6.57. The molecule has 2 aromatic rings. The van der Waals surface area contributed by atoms with Crippen molar-refractivity contribution in [1.29, 1.82) is 0 Å². The molecule has 0 fully saturated rings. The van der Waals surface area contributed by atoms with E-state index in [-0.39, 0.29) is 18.5 Å². The monoisotopic (exact) mass is 351 g/mol. The van der Waals surface area contributed by atoms with E-state index < -0.39 is 0 Å². The normalized spacial score (nSPS) is 10.3. The number of anilines is 1. The fourth-order valence-electron chi connectivity index (χ4n) is 2.00. The number of carbonyl (C=O) groups excluding carboxylic acids is 2. The van der Waals surface area contributed by atoms with Gasteiger partial charge in [0, 0.05) is 22.0 Å². The molecule has 0 atom stereocenters. The fraction of sp³-hybridized carbons (Fsp3) is 0.294. The average molecular weight is 352 g/mol. The largest absolute Gasteiger partial charge is 0.456 e. The van der Waals surface area contributed by atoms with Gasteiger partial charge in [0.1, 0.15) is 0 Å². The molecule has 122 valence electrons. The zero-order valence-corrected chi connectivity index (χ0v) is 14.4. The predicted molar refractivity (Wildman–Crippen MR) is 93.0 cm³/mol. The molecule has 0 radical (unpaired) electrons. The number of halogens is 1. The van der Waals surface area contributed by atoms with Crippen LogP contribution in [0.25, 0.3) is 0 Å². The SMILES string of the molecule is Cc1ccc(Cl)cc1NC(=O)COC(=O)CCCc1cccs1. The second kappa shape index (κ2) is 8.70. The Morgan fingerprint density at radius 2 is 2.13 bits per heavy atom. The molecule has 0 bridgehead atoms. The van der Waals surface area contributed by atoms with Crippen molar-refractivity contribution in [1.82, 2.24) is 0 Å². The van der Waals surface area contributed by atoms with Gasteiger partial charge >= 0.3 is 5.97 Å². The fourth-order valence-corrected chi connectivity index (χ4v) is 2.92. The van der Waals surface area contributed by atoms with E-state index >= 15 is 0 Å². The molecule has 0 aliphatic rings. The van der Waals surface area contributed by atoms with Gasteiger partial charge in [-0.3, -0.25) is 9.59 Å². The summed E-state index contributed by atoms with van der Waals surface area (Å²) in [6, 6.07) is 9.25. The lowest BCUT2D eigenvalue weighted by Crippen LogP contribution is -2.21. The molecule has 0 spiro atoms. The summed E-state index contributed by atoms with van der Waals surface area (Å²) >= 11 is 7.56. The topological polar surface area (TPSA) is 55.4 Å². The minimum Gasteiger partial charge on any atom is -0.456 e. The first-order chi connectivity index (χ1) is 11.0. The molecular formula is C17H18ClNO3S. The van der Waals surface area contributed by atoms with E-state index in [2.05, 4.69) is 5.32 Å². The zero-order chi connectivity index (χ0) is 16.7. The average Bonchev–Trinajstić information content (AvgIpc) is 3.02. The third-order valence-corrected chi connectivity index (χ3v) is 4.39. The lowest BCUT2D eigenvalue weighted by atomic mass is 10.2. The predicted octanol–water partition coefficient (Wildman–Crippen LogP) is 4.21. The highest BCUT2D eigenvalue weighted by molar-refractivity contribution is 7.09. The van der Waals surface area contributed by atoms with E-state index in [9.17, 15) is 9.59 Å². The number of amides is 1. The quantitative estimate of drug-likeness (QED) is 0.760. The maximum atomic E-state index is 11.8. The molecule has 1 N–H and O–H groups in total. The summed E-state index contributed by atoms with van der Waals surface area (Å²) in [6.07, 6.45) is 1.87. The van der Waals surface area contributed by atoms with Gasteiger partial charge < -0.3 is 10.1 Å². The molecule has 1 aromatic carbocycles. The van der Waals surface area contributed by atoms with Crippen molar-refractivity contribution in [2.75, 3.05) is 11.9 Å². The lowest BCUT2D eigenvalue weighted by molar-refractivity contribution is -0.147. The molecule has 23 heavy (non-hydrogen) atoms. The van der Waals surface area contributed by atoms with Crippen molar-refractivity contribution >= 4 is 40.5 Å². The molecule has 2 rings (SSSR count). The summed E-state index contributed by atoms with van der Waals surface area (Å²) < 4.78 is 4.99. The summed E-state index contributed by atoms with van der Waals surface area (Å²) in [7, 11) is 0. The van der Waals surface area contributed by atoms with Crippen LogP contribution in [0.4, 0.5) is 5.69 Å². The maximum Gasteiger partial charge on any atom is 0.306 e. The van der Waals surface area contributed by atoms with Crippen molar-refractivity contribution in [3.8, 4) is 0 Å². The molecule has 0 aliphatic carbocycles. The number of rotatable bonds is 7. The molecule has 0 saturated carbocycles. The molecule has 0 aliphatic heterocycles. The first-order valence-corrected chi connectivity index (χ1v) is 8.54. The summed E-state index contributed by atoms with van der Waals surface area (Å²) in [5.41, 5.74) is 1.52. The Balaban J connectivity index is 1.69. The molecule has 0 saturated heterocycles. The Morgan fingerprint density at radius 1 is 1.30 bits per heavy atom. The summed E-state index contributed by atoms with van der Waals surface area (Å²) in [5, 5.41) is 5.23. The Kier molecular flexibility index (Phi) is 6.62. The number of ether oxygens (including phenoxy) is 1. The van der Waals surface area contributed by atoms with Gasteiger partial charge in [0.05, 0.1) is 0 Å². The minimum atomic E-state index is -0.373. The Bertz CT molecular complexity index is 670. The molecular weight excluding hydrogens is 334 g/mol. The number of hydrogen-bond donors (Lipinski definition) is 1. The van der Waals surface area contributed by atoms with Crippen LogP contribution in [0, 0.1) is 6.92 Å². The minimum absolute atomic E-state index is 0.288. The van der Waals surface area contributed by atoms with Gasteiger partial charge in [-0.25, -0.2) is 0 Å². The number of hydrogen-bond acceptors (Lipinski definition) is 4. The van der Waals surface area contributed by atoms with Crippen molar-refractivity contribution in [3.05, 3.63) is 51.2 Å². The molecule has 0 unspecified atom stereocenters. The van der Waals surface area contributed by atoms with E-state index in [1.807, 2.05) is 30.5 Å². The zero-order valence-electron chi connectivity index (χ0n) is 12.8. The van der Waals surface area contributed by atoms with Gasteiger partial charge in [-0.2, -0.15) is 0 Å². The van der Waals surface area contributed by atoms with Gasteiger partial charge in [-0.15, -0.1) is 11.3 Å². The summed E-state index contributed by atoms with van der Waals surface area (Å²) in [4.78, 5) is 24.7. The number of nitrogens with one attached hydrogen (secondary N) is 1. The summed E-state index contributed by atoms with van der Waals surface area (Å²) in [6.45, 7) is 1.58. The van der Waals surface area contributed by atoms with Crippen molar-refractivity contribution in [2.45, 2.75) is 26.2 Å². The Labute approximate surface area is 144 Å². The van der Waals surface area contributed by atoms with E-state index in [0.29, 0.717) is 23.6 Å². The van der Waals surface area contributed by atoms with Crippen molar-refractivity contribution in [2.24, 2.45) is 0 Å². The van der Waals surface area contributed by atoms with Crippen LogP contribution < -0.4 is 5.32 Å². The van der Waals surface area contributed by atoms with E-state index in [1.165, 1.54) is 4.88 Å². The maximum absolute atomic E-state index is 11.8. The number of carbonyl (C=O) groups is 2. The summed E-state index contributed by atoms with van der Waals surface area (Å²) in [5.74, 6) is -0.735. The third kappa shape index (κ3) is 6.04. The third-order valence-electron chi connectivity index (χ3n) is 3.22. The van der Waals surface area contributed by atoms with Crippen LogP contribution in [-0.2, 0) is 20.7 Å². The van der Waals surface area contributed by atoms with E-state index in [1.54, 1.807) is 23.5 Å². The van der Waals surface area contributed by atoms with Crippen LogP contribution in [-0.4, -0.2) is 18.5 Å². The Hall–Kier alpha value is -1.85. The lowest BCUT2D eigenvalue weighted by Gasteiger charge is -2.09. The highest BCUT2D eigenvalue weighted by Crippen LogP contribution is 2.20. The molecule has 1 aromatic heterocycles. The highest BCUT2D eigenvalue weighted by Gasteiger charge is 2.09. The van der Waals surface area contributed by atoms with E-state index in [0.717, 1.165) is 12.0 Å². The number of aryl methyl sites for hydroxylation is 2. The van der Waals surface area contributed by atoms with Gasteiger partial charge in [-0.05, 0) is 48.9 Å². The van der Waals surface area contributed by atoms with Crippen molar-refractivity contribution < 1.29 is 14.3 Å². The van der Waals surface area contributed by atoms with E-state index in [4.69, 9.17) is 16.3 Å². The standard InChI is InChI=1S/C17H18ClNO3S/c1-12-7-8-13(18)10-15(12)19-16(20)11-22-17(21)6-2-4-14-5-3-9-23-14/h3,5,7-10H,2,4,6,11H2,1H3,(H,19,20). The second-order valence-electron chi connectivity index (χ2n) is 5.10. The van der Waals surface area contributed by atoms with Crippen molar-refractivity contribution in [3.63, 3.8) is 0 Å². The van der Waals surface area contributed by atoms with Gasteiger partial charge in [0.2, 0.25) is 0 Å². The van der Waals surface area contributed by atoms with Crippen LogP contribution in [0.5, 0.6) is 0 Å². The van der Waals surface area contributed by atoms with Gasteiger partial charge in [0.15, 0.2) is 6.61 Å². The highest BCUT2D eigenvalue weighted by atomic mass is 35.5. The number of thiophene rings is 1. The number of benzene rings is 1. The first-order valence-electron chi connectivity index (χ1n) is 7.28. The Morgan fingerprint density at radius 3 is 2.87 bits per heavy atom. The van der Waals surface area contributed by atoms with Crippen LogP contribution in [0.3, 0.4) is 0 Å². The van der Waals surface area contributed by atoms with Crippen LogP contribution >= 0.6 is 22.9 Å².